The number of hydrogen-bond acceptors (Lipinski definition) is 4. The largest absolute Gasteiger partial charge is 0.371 e. The molecule has 0 aliphatic carbocycles. The number of nitrogens with zero attached hydrogens (tertiary/aromatic N) is 2. The molecule has 13 heavy (non-hydrogen) atoms. The summed E-state index contributed by atoms with van der Waals surface area (Å²) in [6, 6.07) is 1.98. The maximum Gasteiger partial charge on any atom is 0.115 e. The van der Waals surface area contributed by atoms with Crippen molar-refractivity contribution in [2.75, 3.05) is 19.7 Å². The van der Waals surface area contributed by atoms with Crippen molar-refractivity contribution in [1.82, 2.24) is 15.3 Å². The van der Waals surface area contributed by atoms with Gasteiger partial charge in [0, 0.05) is 19.3 Å². The summed E-state index contributed by atoms with van der Waals surface area (Å²) in [4.78, 5) is 8.17. The molecule has 0 bridgehead atoms. The summed E-state index contributed by atoms with van der Waals surface area (Å²) < 4.78 is 5.60. The van der Waals surface area contributed by atoms with Gasteiger partial charge in [-0.15, -0.1) is 0 Å². The fourth-order valence-electron chi connectivity index (χ4n) is 1.98. The van der Waals surface area contributed by atoms with Gasteiger partial charge in [-0.3, -0.25) is 0 Å². The van der Waals surface area contributed by atoms with Gasteiger partial charge < -0.3 is 10.1 Å². The molecule has 0 amide bonds. The normalized spacial score (nSPS) is 29.4. The number of nitrogens with one attached hydrogen (secondary N) is 1. The Labute approximate surface area is 76.3 Å². The van der Waals surface area contributed by atoms with Crippen LogP contribution in [0.15, 0.2) is 18.6 Å². The minimum absolute atomic E-state index is 0.0638. The zero-order valence-corrected chi connectivity index (χ0v) is 7.23. The molecule has 1 aromatic rings. The maximum atomic E-state index is 5.60. The molecule has 1 aromatic heterocycles. The third-order valence-electron chi connectivity index (χ3n) is 2.98. The molecule has 4 heteroatoms. The first kappa shape index (κ1) is 7.41. The summed E-state index contributed by atoms with van der Waals surface area (Å²) >= 11 is 0. The van der Waals surface area contributed by atoms with Crippen LogP contribution in [-0.2, 0) is 4.74 Å². The molecule has 3 rings (SSSR count). The van der Waals surface area contributed by atoms with E-state index in [1.165, 1.54) is 0 Å². The summed E-state index contributed by atoms with van der Waals surface area (Å²) in [7, 11) is 0. The van der Waals surface area contributed by atoms with E-state index in [-0.39, 0.29) is 5.60 Å². The van der Waals surface area contributed by atoms with E-state index >= 15 is 0 Å². The van der Waals surface area contributed by atoms with Gasteiger partial charge in [0.15, 0.2) is 0 Å². The fourth-order valence-corrected chi connectivity index (χ4v) is 1.98. The van der Waals surface area contributed by atoms with E-state index in [2.05, 4.69) is 15.3 Å². The Morgan fingerprint density at radius 2 is 2.46 bits per heavy atom. The minimum Gasteiger partial charge on any atom is -0.371 e. The Hall–Kier alpha value is -1.00. The van der Waals surface area contributed by atoms with Crippen LogP contribution in [0.5, 0.6) is 0 Å². The molecular weight excluding hydrogens is 166 g/mol. The number of aromatic nitrogens is 2. The van der Waals surface area contributed by atoms with Crippen LogP contribution in [0.1, 0.15) is 11.6 Å². The lowest BCUT2D eigenvalue weighted by Crippen LogP contribution is -2.71. The van der Waals surface area contributed by atoms with Crippen LogP contribution in [-0.4, -0.2) is 35.3 Å². The SMILES string of the molecule is c1cc(C2COC23CNC3)ncn1. The molecule has 0 radical (unpaired) electrons. The molecule has 1 spiro atoms. The van der Waals surface area contributed by atoms with Gasteiger partial charge in [0.1, 0.15) is 11.9 Å². The first-order chi connectivity index (χ1) is 6.41. The van der Waals surface area contributed by atoms with Crippen LogP contribution >= 0.6 is 0 Å². The molecule has 2 aliphatic heterocycles. The summed E-state index contributed by atoms with van der Waals surface area (Å²) in [5, 5.41) is 3.24. The van der Waals surface area contributed by atoms with Crippen molar-refractivity contribution in [1.29, 1.82) is 0 Å². The van der Waals surface area contributed by atoms with Crippen LogP contribution in [0.25, 0.3) is 0 Å². The lowest BCUT2D eigenvalue weighted by atomic mass is 9.76. The quantitative estimate of drug-likeness (QED) is 0.652. The summed E-state index contributed by atoms with van der Waals surface area (Å²) in [5.74, 6) is 0.469. The second-order valence-corrected chi connectivity index (χ2v) is 3.67. The van der Waals surface area contributed by atoms with Crippen molar-refractivity contribution >= 4 is 0 Å². The molecule has 0 saturated carbocycles. The zero-order valence-electron chi connectivity index (χ0n) is 7.23. The second-order valence-electron chi connectivity index (χ2n) is 3.67. The fraction of sp³-hybridized carbons (Fsp3) is 0.556. The van der Waals surface area contributed by atoms with Gasteiger partial charge in [0.05, 0.1) is 18.2 Å². The average Bonchev–Trinajstić information content (AvgIpc) is 2.01. The van der Waals surface area contributed by atoms with Gasteiger partial charge in [0.2, 0.25) is 0 Å². The molecule has 1 unspecified atom stereocenters. The molecule has 3 heterocycles. The lowest BCUT2D eigenvalue weighted by Gasteiger charge is -2.55. The smallest absolute Gasteiger partial charge is 0.115 e. The van der Waals surface area contributed by atoms with E-state index in [0.717, 1.165) is 25.4 Å². The van der Waals surface area contributed by atoms with E-state index < -0.39 is 0 Å². The zero-order chi connectivity index (χ0) is 8.73. The third-order valence-corrected chi connectivity index (χ3v) is 2.98. The molecule has 0 aromatic carbocycles. The highest BCUT2D eigenvalue weighted by molar-refractivity contribution is 5.21. The molecule has 1 N–H and O–H groups in total. The Morgan fingerprint density at radius 1 is 1.54 bits per heavy atom. The molecule has 4 nitrogen and oxygen atoms in total. The van der Waals surface area contributed by atoms with E-state index in [4.69, 9.17) is 4.74 Å². The van der Waals surface area contributed by atoms with E-state index in [9.17, 15) is 0 Å². The topological polar surface area (TPSA) is 47.0 Å². The van der Waals surface area contributed by atoms with Gasteiger partial charge in [-0.25, -0.2) is 9.97 Å². The van der Waals surface area contributed by atoms with Gasteiger partial charge in [-0.2, -0.15) is 0 Å². The Bertz CT molecular complexity index is 304. The molecule has 68 valence electrons. The molecule has 2 aliphatic rings. The van der Waals surface area contributed by atoms with Crippen LogP contribution < -0.4 is 5.32 Å². The van der Waals surface area contributed by atoms with Crippen molar-refractivity contribution in [2.45, 2.75) is 11.5 Å². The van der Waals surface area contributed by atoms with Gasteiger partial charge in [-0.1, -0.05) is 0 Å². The molecular formula is C9H11N3O. The molecule has 1 atom stereocenters. The predicted octanol–water partition coefficient (Wildman–Crippen LogP) is -0.0676. The average molecular weight is 177 g/mol. The van der Waals surface area contributed by atoms with Crippen molar-refractivity contribution in [2.24, 2.45) is 0 Å². The molecule has 2 fully saturated rings. The monoisotopic (exact) mass is 177 g/mol. The van der Waals surface area contributed by atoms with Crippen molar-refractivity contribution < 1.29 is 4.74 Å². The Balaban J connectivity index is 1.87. The van der Waals surface area contributed by atoms with Crippen LogP contribution in [0.4, 0.5) is 0 Å². The van der Waals surface area contributed by atoms with E-state index in [1.807, 2.05) is 6.07 Å². The molecule has 2 saturated heterocycles. The highest BCUT2D eigenvalue weighted by atomic mass is 16.5. The summed E-state index contributed by atoms with van der Waals surface area (Å²) in [5.41, 5.74) is 1.18. The van der Waals surface area contributed by atoms with E-state index in [0.29, 0.717) is 5.92 Å². The van der Waals surface area contributed by atoms with Crippen molar-refractivity contribution in [3.63, 3.8) is 0 Å². The number of rotatable bonds is 1. The predicted molar refractivity (Wildman–Crippen MR) is 46.3 cm³/mol. The minimum atomic E-state index is 0.0638. The van der Waals surface area contributed by atoms with Crippen molar-refractivity contribution in [3.05, 3.63) is 24.3 Å². The Kier molecular flexibility index (Phi) is 1.42. The Morgan fingerprint density at radius 3 is 2.92 bits per heavy atom. The highest BCUT2D eigenvalue weighted by Gasteiger charge is 2.53. The summed E-state index contributed by atoms with van der Waals surface area (Å²) in [6.07, 6.45) is 3.40. The lowest BCUT2D eigenvalue weighted by molar-refractivity contribution is -0.196. The number of ether oxygens (including phenoxy) is 1. The van der Waals surface area contributed by atoms with Gasteiger partial charge in [0.25, 0.3) is 0 Å². The van der Waals surface area contributed by atoms with Gasteiger partial charge in [-0.05, 0) is 6.07 Å². The van der Waals surface area contributed by atoms with Gasteiger partial charge >= 0.3 is 0 Å². The van der Waals surface area contributed by atoms with Crippen LogP contribution in [0.2, 0.25) is 0 Å². The first-order valence-corrected chi connectivity index (χ1v) is 4.51. The third kappa shape index (κ3) is 0.927. The second kappa shape index (κ2) is 2.49. The van der Waals surface area contributed by atoms with Crippen LogP contribution in [0, 0.1) is 0 Å². The highest BCUT2D eigenvalue weighted by Crippen LogP contribution is 2.42. The van der Waals surface area contributed by atoms with Crippen LogP contribution in [0.3, 0.4) is 0 Å². The summed E-state index contributed by atoms with van der Waals surface area (Å²) in [6.45, 7) is 2.72. The number of hydrogen-bond donors (Lipinski definition) is 1. The standard InChI is InChI=1S/C9H11N3O/c1-2-10-6-12-8(1)7-3-13-9(7)4-11-5-9/h1-2,6-7,11H,3-5H2. The van der Waals surface area contributed by atoms with E-state index in [1.54, 1.807) is 12.5 Å². The maximum absolute atomic E-state index is 5.60. The van der Waals surface area contributed by atoms with Crippen molar-refractivity contribution in [3.8, 4) is 0 Å². The first-order valence-electron chi connectivity index (χ1n) is 4.51.